The van der Waals surface area contributed by atoms with Crippen molar-refractivity contribution in [2.75, 3.05) is 0 Å². The zero-order chi connectivity index (χ0) is 17.6. The maximum atomic E-state index is 13.1. The van der Waals surface area contributed by atoms with Crippen molar-refractivity contribution in [1.82, 2.24) is 0 Å². The van der Waals surface area contributed by atoms with E-state index in [0.29, 0.717) is 5.56 Å². The van der Waals surface area contributed by atoms with Crippen molar-refractivity contribution >= 4 is 17.0 Å². The molecule has 1 nitrogen and oxygen atoms in total. The van der Waals surface area contributed by atoms with E-state index in [1.807, 2.05) is 36.4 Å². The first-order chi connectivity index (χ1) is 12.0. The summed E-state index contributed by atoms with van der Waals surface area (Å²) in [6, 6.07) is 16.2. The lowest BCUT2D eigenvalue weighted by molar-refractivity contribution is -0.676. The lowest BCUT2D eigenvalue weighted by Crippen LogP contribution is -2.40. The minimum atomic E-state index is -4.33. The van der Waals surface area contributed by atoms with Gasteiger partial charge in [-0.2, -0.15) is 17.7 Å². The zero-order valence-electron chi connectivity index (χ0n) is 13.7. The Labute approximate surface area is 144 Å². The summed E-state index contributed by atoms with van der Waals surface area (Å²) < 4.78 is 41.5. The number of halogens is 3. The van der Waals surface area contributed by atoms with Gasteiger partial charge in [-0.05, 0) is 42.0 Å². The Kier molecular flexibility index (Phi) is 3.64. The topological polar surface area (TPSA) is 3.88 Å². The first-order valence-electron chi connectivity index (χ1n) is 8.32. The molecule has 1 unspecified atom stereocenters. The highest BCUT2D eigenvalue weighted by molar-refractivity contribution is 5.80. The molecule has 0 spiro atoms. The maximum absolute atomic E-state index is 13.1. The number of aromatic nitrogens is 1. The van der Waals surface area contributed by atoms with Gasteiger partial charge in [0.2, 0.25) is 11.2 Å². The van der Waals surface area contributed by atoms with Crippen LogP contribution in [0, 0.1) is 0 Å². The van der Waals surface area contributed by atoms with Gasteiger partial charge < -0.3 is 0 Å². The number of allylic oxidation sites excluding steroid dienone is 1. The number of alkyl halides is 3. The molecule has 0 aliphatic carbocycles. The average Bonchev–Trinajstić information content (AvgIpc) is 2.77. The van der Waals surface area contributed by atoms with Gasteiger partial charge in [-0.25, -0.2) is 0 Å². The van der Waals surface area contributed by atoms with Crippen LogP contribution >= 0.6 is 0 Å². The van der Waals surface area contributed by atoms with Crippen molar-refractivity contribution in [2.45, 2.75) is 25.6 Å². The smallest absolute Gasteiger partial charge is 0.185 e. The van der Waals surface area contributed by atoms with Crippen LogP contribution in [0.4, 0.5) is 13.2 Å². The minimum Gasteiger partial charge on any atom is -0.185 e. The van der Waals surface area contributed by atoms with E-state index in [2.05, 4.69) is 23.6 Å². The molecule has 2 heterocycles. The monoisotopic (exact) mass is 340 g/mol. The largest absolute Gasteiger partial charge is 0.416 e. The van der Waals surface area contributed by atoms with Crippen molar-refractivity contribution in [3.8, 4) is 11.3 Å². The standard InChI is InChI=1S/C21H17F3N/c1-2-17-10-7-15-13-16(21(22,23)24)9-11-18(15)20-12-8-14-5-3-4-6-19(14)25(17)20/h3-13,17H,2H2,1H3/q+1. The molecular weight excluding hydrogens is 323 g/mol. The third-order valence-electron chi connectivity index (χ3n) is 4.78. The number of pyridine rings is 1. The first-order valence-corrected chi connectivity index (χ1v) is 8.32. The predicted octanol–water partition coefficient (Wildman–Crippen LogP) is 5.79. The van der Waals surface area contributed by atoms with E-state index >= 15 is 0 Å². The van der Waals surface area contributed by atoms with Crippen molar-refractivity contribution in [1.29, 1.82) is 0 Å². The number of rotatable bonds is 1. The van der Waals surface area contributed by atoms with E-state index < -0.39 is 11.7 Å². The summed E-state index contributed by atoms with van der Waals surface area (Å²) in [7, 11) is 0. The molecule has 1 atom stereocenters. The molecule has 0 amide bonds. The summed E-state index contributed by atoms with van der Waals surface area (Å²) in [6.45, 7) is 2.09. The molecule has 4 rings (SSSR count). The highest BCUT2D eigenvalue weighted by atomic mass is 19.4. The number of para-hydroxylation sites is 1. The van der Waals surface area contributed by atoms with Gasteiger partial charge in [0.15, 0.2) is 6.04 Å². The fourth-order valence-electron chi connectivity index (χ4n) is 3.53. The van der Waals surface area contributed by atoms with Crippen LogP contribution in [0.3, 0.4) is 0 Å². The molecule has 0 saturated carbocycles. The number of hydrogen-bond donors (Lipinski definition) is 0. The van der Waals surface area contributed by atoms with E-state index in [1.54, 1.807) is 6.07 Å². The van der Waals surface area contributed by atoms with Crippen LogP contribution in [0.5, 0.6) is 0 Å². The minimum absolute atomic E-state index is 0.0998. The quantitative estimate of drug-likeness (QED) is 0.494. The summed E-state index contributed by atoms with van der Waals surface area (Å²) in [5.74, 6) is 0. The van der Waals surface area contributed by atoms with Crippen LogP contribution in [0.1, 0.15) is 30.5 Å². The Balaban J connectivity index is 2.03. The van der Waals surface area contributed by atoms with Gasteiger partial charge in [-0.15, -0.1) is 0 Å². The summed E-state index contributed by atoms with van der Waals surface area (Å²) in [5, 5.41) is 1.12. The summed E-state index contributed by atoms with van der Waals surface area (Å²) in [5.41, 5.74) is 2.85. The SMILES string of the molecule is CCC1C=Cc2cc(C(F)(F)F)ccc2-c2ccc3ccccc3[n+]21. The molecule has 25 heavy (non-hydrogen) atoms. The Hall–Kier alpha value is -2.62. The summed E-state index contributed by atoms with van der Waals surface area (Å²) in [4.78, 5) is 0. The Morgan fingerprint density at radius 3 is 2.56 bits per heavy atom. The van der Waals surface area contributed by atoms with E-state index in [4.69, 9.17) is 0 Å². The van der Waals surface area contributed by atoms with Gasteiger partial charge in [0.1, 0.15) is 0 Å². The second-order valence-electron chi connectivity index (χ2n) is 6.28. The van der Waals surface area contributed by atoms with Crippen molar-refractivity contribution in [3.05, 3.63) is 71.8 Å². The van der Waals surface area contributed by atoms with Crippen LogP contribution < -0.4 is 4.57 Å². The number of nitrogens with zero attached hydrogens (tertiary/aromatic N) is 1. The maximum Gasteiger partial charge on any atom is 0.416 e. The van der Waals surface area contributed by atoms with E-state index in [9.17, 15) is 13.2 Å². The van der Waals surface area contributed by atoms with Crippen LogP contribution in [-0.2, 0) is 6.18 Å². The fraction of sp³-hybridized carbons (Fsp3) is 0.190. The number of hydrogen-bond acceptors (Lipinski definition) is 0. The third kappa shape index (κ3) is 2.62. The molecule has 4 heteroatoms. The van der Waals surface area contributed by atoms with Gasteiger partial charge >= 0.3 is 6.18 Å². The average molecular weight is 340 g/mol. The van der Waals surface area contributed by atoms with Gasteiger partial charge in [0.25, 0.3) is 0 Å². The van der Waals surface area contributed by atoms with E-state index in [1.165, 1.54) is 12.1 Å². The third-order valence-corrected chi connectivity index (χ3v) is 4.78. The predicted molar refractivity (Wildman–Crippen MR) is 92.9 cm³/mol. The zero-order valence-corrected chi connectivity index (χ0v) is 13.7. The molecule has 0 radical (unpaired) electrons. The summed E-state index contributed by atoms with van der Waals surface area (Å²) >= 11 is 0. The molecule has 1 aromatic heterocycles. The van der Waals surface area contributed by atoms with E-state index in [-0.39, 0.29) is 6.04 Å². The van der Waals surface area contributed by atoms with Crippen LogP contribution in [0.2, 0.25) is 0 Å². The molecule has 0 bridgehead atoms. The Bertz CT molecular complexity index is 986. The lowest BCUT2D eigenvalue weighted by Gasteiger charge is -2.13. The van der Waals surface area contributed by atoms with Crippen molar-refractivity contribution < 1.29 is 17.7 Å². The second kappa shape index (κ2) is 5.73. The second-order valence-corrected chi connectivity index (χ2v) is 6.28. The molecule has 2 aromatic carbocycles. The molecule has 0 fully saturated rings. The first kappa shape index (κ1) is 15.9. The number of fused-ring (bicyclic) bond motifs is 5. The highest BCUT2D eigenvalue weighted by Crippen LogP contribution is 2.35. The van der Waals surface area contributed by atoms with Crippen molar-refractivity contribution in [2.24, 2.45) is 0 Å². The molecule has 0 saturated heterocycles. The molecular formula is C21H17F3N+. The van der Waals surface area contributed by atoms with Gasteiger partial charge in [-0.3, -0.25) is 0 Å². The molecule has 1 aliphatic rings. The lowest BCUT2D eigenvalue weighted by atomic mass is 10.00. The summed E-state index contributed by atoms with van der Waals surface area (Å²) in [6.07, 6.45) is 0.351. The Morgan fingerprint density at radius 2 is 1.80 bits per heavy atom. The fourth-order valence-corrected chi connectivity index (χ4v) is 3.53. The number of benzene rings is 2. The van der Waals surface area contributed by atoms with Crippen LogP contribution in [0.25, 0.3) is 28.2 Å². The van der Waals surface area contributed by atoms with Crippen molar-refractivity contribution in [3.63, 3.8) is 0 Å². The molecule has 0 N–H and O–H groups in total. The van der Waals surface area contributed by atoms with Crippen LogP contribution in [0.15, 0.2) is 60.7 Å². The van der Waals surface area contributed by atoms with Gasteiger partial charge in [0.05, 0.1) is 11.1 Å². The Morgan fingerprint density at radius 1 is 1.00 bits per heavy atom. The molecule has 126 valence electrons. The molecule has 3 aromatic rings. The molecule has 1 aliphatic heterocycles. The van der Waals surface area contributed by atoms with E-state index in [0.717, 1.165) is 28.6 Å². The van der Waals surface area contributed by atoms with Gasteiger partial charge in [0, 0.05) is 23.9 Å². The normalized spacial score (nSPS) is 16.4. The highest BCUT2D eigenvalue weighted by Gasteiger charge is 2.33. The van der Waals surface area contributed by atoms with Crippen LogP contribution in [-0.4, -0.2) is 0 Å². The van der Waals surface area contributed by atoms with Gasteiger partial charge in [-0.1, -0.05) is 25.1 Å².